The molecule has 1 aliphatic heterocycles. The summed E-state index contributed by atoms with van der Waals surface area (Å²) < 4.78 is 28.6. The summed E-state index contributed by atoms with van der Waals surface area (Å²) >= 11 is 1.47. The van der Waals surface area contributed by atoms with Crippen LogP contribution in [0.4, 0.5) is 0 Å². The van der Waals surface area contributed by atoms with E-state index in [0.717, 1.165) is 25.7 Å². The summed E-state index contributed by atoms with van der Waals surface area (Å²) in [5.74, 6) is 0. The molecule has 1 fully saturated rings. The van der Waals surface area contributed by atoms with Crippen molar-refractivity contribution < 1.29 is 13.5 Å². The molecule has 5 nitrogen and oxygen atoms in total. The lowest BCUT2D eigenvalue weighted by molar-refractivity contribution is 0.281. The zero-order valence-corrected chi connectivity index (χ0v) is 12.8. The Labute approximate surface area is 115 Å². The van der Waals surface area contributed by atoms with Gasteiger partial charge in [-0.1, -0.05) is 12.8 Å². The molecule has 0 aliphatic carbocycles. The Morgan fingerprint density at radius 2 is 1.83 bits per heavy atom. The number of nitrogens with one attached hydrogen (secondary N) is 1. The molecule has 2 atom stereocenters. The van der Waals surface area contributed by atoms with Crippen molar-refractivity contribution in [3.05, 3.63) is 0 Å². The third kappa shape index (κ3) is 4.70. The molecule has 0 spiro atoms. The van der Waals surface area contributed by atoms with Gasteiger partial charge < -0.3 is 5.11 Å². The van der Waals surface area contributed by atoms with Crippen molar-refractivity contribution in [1.29, 1.82) is 0 Å². The van der Waals surface area contributed by atoms with E-state index in [9.17, 15) is 13.5 Å². The van der Waals surface area contributed by atoms with Crippen molar-refractivity contribution in [3.8, 4) is 0 Å². The minimum absolute atomic E-state index is 0.0230. The van der Waals surface area contributed by atoms with Crippen molar-refractivity contribution in [3.63, 3.8) is 0 Å². The minimum Gasteiger partial charge on any atom is -0.395 e. The van der Waals surface area contributed by atoms with Crippen LogP contribution in [0.3, 0.4) is 0 Å². The largest absolute Gasteiger partial charge is 0.395 e. The van der Waals surface area contributed by atoms with Crippen LogP contribution in [0.1, 0.15) is 32.6 Å². The molecule has 7 heteroatoms. The van der Waals surface area contributed by atoms with Gasteiger partial charge in [-0.15, -0.1) is 0 Å². The highest BCUT2D eigenvalue weighted by Gasteiger charge is 2.27. The molecule has 0 aromatic heterocycles. The Hall–Kier alpha value is 0.180. The molecule has 0 radical (unpaired) electrons. The summed E-state index contributed by atoms with van der Waals surface area (Å²) in [7, 11) is -3.41. The van der Waals surface area contributed by atoms with Crippen molar-refractivity contribution in [2.45, 2.75) is 43.9 Å². The molecular formula is C11H24N2O3S2. The van der Waals surface area contributed by atoms with Gasteiger partial charge in [0.2, 0.25) is 0 Å². The maximum Gasteiger partial charge on any atom is 0.279 e. The van der Waals surface area contributed by atoms with Gasteiger partial charge in [-0.25, -0.2) is 0 Å². The van der Waals surface area contributed by atoms with Gasteiger partial charge in [-0.3, -0.25) is 0 Å². The van der Waals surface area contributed by atoms with E-state index in [1.54, 1.807) is 6.92 Å². The monoisotopic (exact) mass is 296 g/mol. The number of thioether (sulfide) groups is 1. The van der Waals surface area contributed by atoms with E-state index in [1.165, 1.54) is 16.1 Å². The van der Waals surface area contributed by atoms with E-state index in [2.05, 4.69) is 4.72 Å². The van der Waals surface area contributed by atoms with E-state index < -0.39 is 10.2 Å². The summed E-state index contributed by atoms with van der Waals surface area (Å²) in [6, 6.07) is -0.266. The molecule has 2 N–H and O–H groups in total. The molecule has 1 heterocycles. The van der Waals surface area contributed by atoms with E-state index >= 15 is 0 Å². The topological polar surface area (TPSA) is 69.6 Å². The van der Waals surface area contributed by atoms with Crippen LogP contribution in [0.5, 0.6) is 0 Å². The summed E-state index contributed by atoms with van der Waals surface area (Å²) in [5.41, 5.74) is 0. The zero-order valence-electron chi connectivity index (χ0n) is 11.1. The predicted molar refractivity (Wildman–Crippen MR) is 75.9 cm³/mol. The third-order valence-electron chi connectivity index (χ3n) is 3.28. The second-order valence-electron chi connectivity index (χ2n) is 4.68. The summed E-state index contributed by atoms with van der Waals surface area (Å²) in [4.78, 5) is 0. The van der Waals surface area contributed by atoms with Crippen LogP contribution in [-0.2, 0) is 10.2 Å². The SMILES string of the molecule is CSC(CO)C(C)NS(=O)(=O)N1CCCCCC1. The van der Waals surface area contributed by atoms with E-state index in [0.29, 0.717) is 13.1 Å². The normalized spacial score (nSPS) is 22.4. The Bertz CT molecular complexity index is 323. The Kier molecular flexibility index (Phi) is 6.94. The van der Waals surface area contributed by atoms with Gasteiger partial charge in [0, 0.05) is 24.4 Å². The first-order chi connectivity index (χ1) is 8.51. The number of aliphatic hydroxyl groups excluding tert-OH is 1. The number of nitrogens with zero attached hydrogens (tertiary/aromatic N) is 1. The van der Waals surface area contributed by atoms with Crippen LogP contribution in [0.2, 0.25) is 0 Å². The zero-order chi connectivity index (χ0) is 13.6. The van der Waals surface area contributed by atoms with Gasteiger partial charge in [-0.2, -0.15) is 29.2 Å². The van der Waals surface area contributed by atoms with Crippen LogP contribution >= 0.6 is 11.8 Å². The highest BCUT2D eigenvalue weighted by molar-refractivity contribution is 7.99. The predicted octanol–water partition coefficient (Wildman–Crippen LogP) is 0.809. The summed E-state index contributed by atoms with van der Waals surface area (Å²) in [5, 5.41) is 9.07. The fraction of sp³-hybridized carbons (Fsp3) is 1.00. The Morgan fingerprint density at radius 3 is 2.28 bits per heavy atom. The quantitative estimate of drug-likeness (QED) is 0.761. The first-order valence-corrected chi connectivity index (χ1v) is 9.15. The maximum atomic E-state index is 12.2. The number of rotatable bonds is 6. The van der Waals surface area contributed by atoms with Crippen LogP contribution < -0.4 is 4.72 Å². The standard InChI is InChI=1S/C11H24N2O3S2/c1-10(11(9-14)17-2)12-18(15,16)13-7-5-3-4-6-8-13/h10-12,14H,3-9H2,1-2H3. The molecule has 1 saturated heterocycles. The molecule has 0 aromatic rings. The summed E-state index contributed by atoms with van der Waals surface area (Å²) in [6.07, 6.45) is 5.94. The van der Waals surface area contributed by atoms with Crippen molar-refractivity contribution in [1.82, 2.24) is 9.03 Å². The molecule has 0 amide bonds. The van der Waals surface area contributed by atoms with Gasteiger partial charge in [0.25, 0.3) is 10.2 Å². The lowest BCUT2D eigenvalue weighted by atomic mass is 10.2. The first kappa shape index (κ1) is 16.2. The van der Waals surface area contributed by atoms with Gasteiger partial charge >= 0.3 is 0 Å². The van der Waals surface area contributed by atoms with Crippen molar-refractivity contribution >= 4 is 22.0 Å². The van der Waals surface area contributed by atoms with Crippen molar-refractivity contribution in [2.24, 2.45) is 0 Å². The molecule has 0 bridgehead atoms. The van der Waals surface area contributed by atoms with Gasteiger partial charge in [0.1, 0.15) is 0 Å². The van der Waals surface area contributed by atoms with Gasteiger partial charge in [0.05, 0.1) is 6.61 Å². The Morgan fingerprint density at radius 1 is 1.28 bits per heavy atom. The van der Waals surface area contributed by atoms with Crippen molar-refractivity contribution in [2.75, 3.05) is 26.0 Å². The second kappa shape index (κ2) is 7.69. The smallest absolute Gasteiger partial charge is 0.279 e. The molecule has 0 saturated carbocycles. The average molecular weight is 296 g/mol. The van der Waals surface area contributed by atoms with Crippen LogP contribution in [0.15, 0.2) is 0 Å². The molecular weight excluding hydrogens is 272 g/mol. The minimum atomic E-state index is -3.41. The molecule has 2 unspecified atom stereocenters. The van der Waals surface area contributed by atoms with E-state index in [4.69, 9.17) is 0 Å². The maximum absolute atomic E-state index is 12.2. The summed E-state index contributed by atoms with van der Waals surface area (Å²) in [6.45, 7) is 2.98. The average Bonchev–Trinajstić information content (AvgIpc) is 2.58. The fourth-order valence-electron chi connectivity index (χ4n) is 2.10. The molecule has 0 aromatic carbocycles. The highest BCUT2D eigenvalue weighted by Crippen LogP contribution is 2.15. The Balaban J connectivity index is 2.62. The van der Waals surface area contributed by atoms with E-state index in [1.807, 2.05) is 6.26 Å². The lowest BCUT2D eigenvalue weighted by Crippen LogP contribution is -2.48. The van der Waals surface area contributed by atoms with Gasteiger partial charge in [0.15, 0.2) is 0 Å². The lowest BCUT2D eigenvalue weighted by Gasteiger charge is -2.26. The van der Waals surface area contributed by atoms with Crippen LogP contribution in [0.25, 0.3) is 0 Å². The molecule has 108 valence electrons. The fourth-order valence-corrected chi connectivity index (χ4v) is 4.34. The number of hydrogen-bond donors (Lipinski definition) is 2. The second-order valence-corrected chi connectivity index (χ2v) is 7.46. The van der Waals surface area contributed by atoms with Crippen LogP contribution in [0, 0.1) is 0 Å². The first-order valence-electron chi connectivity index (χ1n) is 6.42. The third-order valence-corrected chi connectivity index (χ3v) is 6.16. The number of aliphatic hydroxyl groups is 1. The number of hydrogen-bond acceptors (Lipinski definition) is 4. The van der Waals surface area contributed by atoms with Gasteiger partial charge in [-0.05, 0) is 26.0 Å². The highest BCUT2D eigenvalue weighted by atomic mass is 32.2. The molecule has 1 aliphatic rings. The molecule has 18 heavy (non-hydrogen) atoms. The van der Waals surface area contributed by atoms with Crippen LogP contribution in [-0.4, -0.2) is 55.1 Å². The van der Waals surface area contributed by atoms with E-state index in [-0.39, 0.29) is 17.9 Å². The molecule has 1 rings (SSSR count).